The van der Waals surface area contributed by atoms with Crippen molar-refractivity contribution in [2.45, 2.75) is 39.2 Å². The first-order chi connectivity index (χ1) is 21.8. The third kappa shape index (κ3) is 6.49. The van der Waals surface area contributed by atoms with E-state index < -0.39 is 29.4 Å². The number of aliphatic imine (C=N–C) groups is 1. The van der Waals surface area contributed by atoms with E-state index in [9.17, 15) is 14.4 Å². The highest BCUT2D eigenvalue weighted by Crippen LogP contribution is 2.49. The molecular formula is C34H36N2O8S. The summed E-state index contributed by atoms with van der Waals surface area (Å²) in [6.07, 6.45) is 1.87. The Morgan fingerprint density at radius 2 is 1.64 bits per heavy atom. The molecule has 0 aliphatic carbocycles. The molecule has 45 heavy (non-hydrogen) atoms. The second kappa shape index (κ2) is 14.1. The first-order valence-electron chi connectivity index (χ1n) is 14.8. The molecule has 3 aromatic carbocycles. The van der Waals surface area contributed by atoms with Crippen LogP contribution >= 0.6 is 11.8 Å². The Morgan fingerprint density at radius 1 is 0.911 bits per heavy atom. The first kappa shape index (κ1) is 31.9. The van der Waals surface area contributed by atoms with Gasteiger partial charge in [-0.25, -0.2) is 4.79 Å². The summed E-state index contributed by atoms with van der Waals surface area (Å²) in [4.78, 5) is 46.4. The van der Waals surface area contributed by atoms with E-state index in [0.717, 1.165) is 22.1 Å². The topological polar surface area (TPSA) is 113 Å². The van der Waals surface area contributed by atoms with Gasteiger partial charge in [0.05, 0.1) is 37.9 Å². The second-order valence-electron chi connectivity index (χ2n) is 10.2. The van der Waals surface area contributed by atoms with Gasteiger partial charge < -0.3 is 23.7 Å². The lowest BCUT2D eigenvalue weighted by molar-refractivity contribution is -0.149. The standard InChI is InChI=1S/C34H36N2O8S/c1-6-41-25-15-13-21(23-11-9-10-12-24(23)25)18-28-32(38)36-31(30(33(39)43-8-3)20(4)35-34(36)45-28)22-14-16-26(27(17-22)40-5)44-19-29(37)42-7-2/h9-18,30-31,34H,6-8,19H2,1-5H3/b28-18-/t30-,31+,34+/m0/s1. The van der Waals surface area contributed by atoms with Crippen LogP contribution in [0.1, 0.15) is 44.9 Å². The van der Waals surface area contributed by atoms with Gasteiger partial charge in [0.15, 0.2) is 23.6 Å². The van der Waals surface area contributed by atoms with Crippen molar-refractivity contribution in [3.05, 3.63) is 70.6 Å². The molecule has 236 valence electrons. The fraction of sp³-hybridized carbons (Fsp3) is 0.353. The van der Waals surface area contributed by atoms with Crippen LogP contribution in [-0.2, 0) is 23.9 Å². The minimum Gasteiger partial charge on any atom is -0.493 e. The Hall–Kier alpha value is -4.51. The third-order valence-corrected chi connectivity index (χ3v) is 8.61. The maximum atomic E-state index is 14.2. The van der Waals surface area contributed by atoms with E-state index in [1.54, 1.807) is 43.9 Å². The highest BCUT2D eigenvalue weighted by atomic mass is 32.2. The predicted octanol–water partition coefficient (Wildman–Crippen LogP) is 5.78. The van der Waals surface area contributed by atoms with Crippen LogP contribution < -0.4 is 14.2 Å². The van der Waals surface area contributed by atoms with E-state index in [1.807, 2.05) is 49.4 Å². The molecule has 2 aliphatic rings. The molecule has 0 spiro atoms. The van der Waals surface area contributed by atoms with Gasteiger partial charge in [0, 0.05) is 11.1 Å². The summed E-state index contributed by atoms with van der Waals surface area (Å²) in [6, 6.07) is 16.2. The number of benzene rings is 3. The molecule has 3 aromatic rings. The number of esters is 2. The number of methoxy groups -OCH3 is 1. The SMILES string of the molecule is CCOC(=O)COc1ccc([C@@H]2[C@@H](C(=O)OCC)C(C)=N[C@H]3S/C(=C\c4ccc(OCC)c5ccccc45)C(=O)N23)cc1OC. The monoisotopic (exact) mass is 632 g/mol. The molecule has 2 aliphatic heterocycles. The van der Waals surface area contributed by atoms with Crippen LogP contribution in [-0.4, -0.2) is 67.5 Å². The average molecular weight is 633 g/mol. The lowest BCUT2D eigenvalue weighted by Crippen LogP contribution is -2.48. The molecule has 1 saturated heterocycles. The van der Waals surface area contributed by atoms with Crippen molar-refractivity contribution in [1.29, 1.82) is 0 Å². The van der Waals surface area contributed by atoms with Crippen LogP contribution in [0.5, 0.6) is 17.2 Å². The minimum absolute atomic E-state index is 0.182. The maximum Gasteiger partial charge on any atom is 0.344 e. The van der Waals surface area contributed by atoms with Crippen molar-refractivity contribution in [3.8, 4) is 17.2 Å². The van der Waals surface area contributed by atoms with E-state index in [4.69, 9.17) is 28.7 Å². The van der Waals surface area contributed by atoms with E-state index in [0.29, 0.717) is 34.3 Å². The molecule has 0 bridgehead atoms. The second-order valence-corrected chi connectivity index (χ2v) is 11.3. The fourth-order valence-corrected chi connectivity index (χ4v) is 6.78. The summed E-state index contributed by atoms with van der Waals surface area (Å²) < 4.78 is 27.5. The zero-order valence-corrected chi connectivity index (χ0v) is 26.7. The van der Waals surface area contributed by atoms with Crippen molar-refractivity contribution < 1.29 is 38.1 Å². The Labute approximate surface area is 266 Å². The summed E-state index contributed by atoms with van der Waals surface area (Å²) in [5.74, 6) is -0.632. The number of hydrogen-bond donors (Lipinski definition) is 0. The van der Waals surface area contributed by atoms with Gasteiger partial charge in [0.1, 0.15) is 11.7 Å². The molecule has 0 radical (unpaired) electrons. The van der Waals surface area contributed by atoms with E-state index >= 15 is 0 Å². The number of fused-ring (bicyclic) bond motifs is 2. The van der Waals surface area contributed by atoms with Gasteiger partial charge in [-0.05, 0) is 68.5 Å². The molecule has 10 nitrogen and oxygen atoms in total. The normalized spacial score (nSPS) is 20.1. The molecule has 1 amide bonds. The summed E-state index contributed by atoms with van der Waals surface area (Å²) in [5.41, 5.74) is 1.48. The van der Waals surface area contributed by atoms with Gasteiger partial charge in [-0.15, -0.1) is 0 Å². The van der Waals surface area contributed by atoms with Crippen LogP contribution in [0.3, 0.4) is 0 Å². The Balaban J connectivity index is 1.55. The van der Waals surface area contributed by atoms with Gasteiger partial charge >= 0.3 is 11.9 Å². The third-order valence-electron chi connectivity index (χ3n) is 7.52. The van der Waals surface area contributed by atoms with Crippen molar-refractivity contribution in [2.24, 2.45) is 10.9 Å². The van der Waals surface area contributed by atoms with Crippen LogP contribution in [0.2, 0.25) is 0 Å². The van der Waals surface area contributed by atoms with E-state index in [-0.39, 0.29) is 25.7 Å². The highest BCUT2D eigenvalue weighted by Gasteiger charge is 2.50. The fourth-order valence-electron chi connectivity index (χ4n) is 5.59. The predicted molar refractivity (Wildman–Crippen MR) is 172 cm³/mol. The van der Waals surface area contributed by atoms with Crippen LogP contribution in [0.4, 0.5) is 0 Å². The Bertz CT molecular complexity index is 1670. The molecule has 0 saturated carbocycles. The Kier molecular flexibility index (Phi) is 9.97. The number of carbonyl (C=O) groups is 3. The smallest absolute Gasteiger partial charge is 0.344 e. The Morgan fingerprint density at radius 3 is 2.36 bits per heavy atom. The molecule has 1 fully saturated rings. The quantitative estimate of drug-likeness (QED) is 0.192. The van der Waals surface area contributed by atoms with Gasteiger partial charge in [-0.2, -0.15) is 0 Å². The van der Waals surface area contributed by atoms with Gasteiger partial charge in [0.25, 0.3) is 5.91 Å². The number of nitrogens with zero attached hydrogens (tertiary/aromatic N) is 2. The first-order valence-corrected chi connectivity index (χ1v) is 15.7. The lowest BCUT2D eigenvalue weighted by Gasteiger charge is -2.39. The largest absolute Gasteiger partial charge is 0.493 e. The molecule has 11 heteroatoms. The summed E-state index contributed by atoms with van der Waals surface area (Å²) in [6.45, 7) is 7.85. The van der Waals surface area contributed by atoms with Crippen LogP contribution in [0, 0.1) is 5.92 Å². The number of hydrogen-bond acceptors (Lipinski definition) is 10. The van der Waals surface area contributed by atoms with E-state index in [1.165, 1.54) is 18.9 Å². The van der Waals surface area contributed by atoms with Gasteiger partial charge in [-0.3, -0.25) is 19.5 Å². The number of rotatable bonds is 11. The number of ether oxygens (including phenoxy) is 5. The van der Waals surface area contributed by atoms with Crippen molar-refractivity contribution in [2.75, 3.05) is 33.5 Å². The maximum absolute atomic E-state index is 14.2. The van der Waals surface area contributed by atoms with Crippen LogP contribution in [0.15, 0.2) is 64.5 Å². The molecule has 2 heterocycles. The van der Waals surface area contributed by atoms with Gasteiger partial charge in [-0.1, -0.05) is 48.2 Å². The average Bonchev–Trinajstić information content (AvgIpc) is 3.34. The molecule has 0 N–H and O–H groups in total. The summed E-state index contributed by atoms with van der Waals surface area (Å²) in [7, 11) is 1.48. The molecule has 5 rings (SSSR count). The molecule has 3 atom stereocenters. The van der Waals surface area contributed by atoms with Crippen molar-refractivity contribution in [1.82, 2.24) is 4.90 Å². The summed E-state index contributed by atoms with van der Waals surface area (Å²) in [5, 5.41) is 1.91. The zero-order chi connectivity index (χ0) is 32.1. The van der Waals surface area contributed by atoms with Crippen LogP contribution in [0.25, 0.3) is 16.8 Å². The highest BCUT2D eigenvalue weighted by molar-refractivity contribution is 8.05. The lowest BCUT2D eigenvalue weighted by atomic mass is 9.86. The molecule has 0 unspecified atom stereocenters. The minimum atomic E-state index is -0.840. The van der Waals surface area contributed by atoms with Gasteiger partial charge in [0.2, 0.25) is 0 Å². The molecule has 0 aromatic heterocycles. The molecular weight excluding hydrogens is 596 g/mol. The zero-order valence-electron chi connectivity index (χ0n) is 25.9. The number of amides is 1. The summed E-state index contributed by atoms with van der Waals surface area (Å²) >= 11 is 1.34. The number of thioether (sulfide) groups is 1. The van der Waals surface area contributed by atoms with Crippen molar-refractivity contribution >= 4 is 52.2 Å². The van der Waals surface area contributed by atoms with Crippen molar-refractivity contribution in [3.63, 3.8) is 0 Å². The van der Waals surface area contributed by atoms with E-state index in [2.05, 4.69) is 0 Å². The number of carbonyl (C=O) groups excluding carboxylic acids is 3.